The predicted molar refractivity (Wildman–Crippen MR) is 82.2 cm³/mol. The summed E-state index contributed by atoms with van der Waals surface area (Å²) in [5.74, 6) is 0. The minimum absolute atomic E-state index is 0.270. The third-order valence-corrected chi connectivity index (χ3v) is 6.16. The van der Waals surface area contributed by atoms with E-state index < -0.39 is 0 Å². The van der Waals surface area contributed by atoms with Crippen LogP contribution < -0.4 is 5.73 Å². The van der Waals surface area contributed by atoms with Gasteiger partial charge in [0, 0.05) is 13.8 Å². The van der Waals surface area contributed by atoms with Crippen LogP contribution in [0.1, 0.15) is 16.5 Å². The lowest BCUT2D eigenvalue weighted by Gasteiger charge is -2.12. The third-order valence-electron chi connectivity index (χ3n) is 2.29. The molecule has 0 aliphatic carbocycles. The maximum Gasteiger partial charge on any atom is 0.107 e. The molecule has 17 heavy (non-hydrogen) atoms. The Morgan fingerprint density at radius 3 is 2.47 bits per heavy atom. The molecule has 2 rings (SSSR count). The van der Waals surface area contributed by atoms with E-state index in [1.807, 2.05) is 24.3 Å². The molecule has 0 saturated heterocycles. The van der Waals surface area contributed by atoms with E-state index in [-0.39, 0.29) is 6.04 Å². The number of rotatable bonds is 2. The van der Waals surface area contributed by atoms with Crippen molar-refractivity contribution in [1.82, 2.24) is 0 Å². The second kappa shape index (κ2) is 5.59. The number of hydrogen-bond donors (Lipinski definition) is 1. The normalized spacial score (nSPS) is 12.8. The van der Waals surface area contributed by atoms with E-state index in [9.17, 15) is 0 Å². The first-order valence-electron chi connectivity index (χ1n) is 4.65. The Bertz CT molecular complexity index is 537. The van der Waals surface area contributed by atoms with Crippen LogP contribution >= 0.6 is 66.4 Å². The average molecular weight is 416 g/mol. The Hall–Kier alpha value is 0.420. The van der Waals surface area contributed by atoms with Gasteiger partial charge in [-0.25, -0.2) is 0 Å². The molecule has 2 aromatic rings. The lowest BCUT2D eigenvalue weighted by Crippen LogP contribution is -2.10. The zero-order valence-corrected chi connectivity index (χ0v) is 13.9. The molecule has 6 heteroatoms. The van der Waals surface area contributed by atoms with E-state index in [2.05, 4.69) is 31.9 Å². The van der Waals surface area contributed by atoms with Gasteiger partial charge in [0.25, 0.3) is 0 Å². The van der Waals surface area contributed by atoms with E-state index in [0.29, 0.717) is 9.36 Å². The van der Waals surface area contributed by atoms with Crippen LogP contribution in [0.25, 0.3) is 0 Å². The summed E-state index contributed by atoms with van der Waals surface area (Å²) in [4.78, 5) is 0.974. The quantitative estimate of drug-likeness (QED) is 0.676. The minimum atomic E-state index is -0.270. The molecule has 1 aromatic heterocycles. The standard InChI is InChI=1S/C11H7Br2Cl2NS/c12-6-3-1-2-5(9(6)14)10(16)8-4-7(13)11(15)17-8/h1-4,10H,16H2. The van der Waals surface area contributed by atoms with Crippen molar-refractivity contribution in [1.29, 1.82) is 0 Å². The largest absolute Gasteiger partial charge is 0.320 e. The van der Waals surface area contributed by atoms with Gasteiger partial charge in [0.05, 0.1) is 11.1 Å². The number of benzene rings is 1. The fraction of sp³-hybridized carbons (Fsp3) is 0.0909. The Morgan fingerprint density at radius 2 is 1.88 bits per heavy atom. The van der Waals surface area contributed by atoms with Crippen molar-refractivity contribution >= 4 is 66.4 Å². The van der Waals surface area contributed by atoms with Gasteiger partial charge in [-0.3, -0.25) is 0 Å². The van der Waals surface area contributed by atoms with Crippen molar-refractivity contribution in [3.63, 3.8) is 0 Å². The van der Waals surface area contributed by atoms with Gasteiger partial charge in [0.15, 0.2) is 0 Å². The van der Waals surface area contributed by atoms with E-state index in [4.69, 9.17) is 28.9 Å². The predicted octanol–water partition coefficient (Wildman–Crippen LogP) is 5.63. The molecule has 0 saturated carbocycles. The first-order chi connectivity index (χ1) is 8.00. The van der Waals surface area contributed by atoms with E-state index in [1.54, 1.807) is 0 Å². The summed E-state index contributed by atoms with van der Waals surface area (Å²) in [6.45, 7) is 0. The molecule has 1 atom stereocenters. The van der Waals surface area contributed by atoms with Crippen LogP contribution in [0.3, 0.4) is 0 Å². The molecule has 2 N–H and O–H groups in total. The van der Waals surface area contributed by atoms with Crippen molar-refractivity contribution in [3.8, 4) is 0 Å². The second-order valence-electron chi connectivity index (χ2n) is 3.39. The second-order valence-corrected chi connectivity index (χ2v) is 7.16. The Balaban J connectivity index is 2.43. The lowest BCUT2D eigenvalue weighted by atomic mass is 10.1. The number of thiophene rings is 1. The molecule has 1 unspecified atom stereocenters. The van der Waals surface area contributed by atoms with Gasteiger partial charge in [-0.15, -0.1) is 11.3 Å². The molecular formula is C11H7Br2Cl2NS. The lowest BCUT2D eigenvalue weighted by molar-refractivity contribution is 0.892. The van der Waals surface area contributed by atoms with Crippen molar-refractivity contribution in [3.05, 3.63) is 53.0 Å². The van der Waals surface area contributed by atoms with Crippen LogP contribution in [0, 0.1) is 0 Å². The number of hydrogen-bond acceptors (Lipinski definition) is 2. The summed E-state index contributed by atoms with van der Waals surface area (Å²) in [7, 11) is 0. The highest BCUT2D eigenvalue weighted by atomic mass is 79.9. The molecule has 1 aromatic carbocycles. The summed E-state index contributed by atoms with van der Waals surface area (Å²) >= 11 is 20.4. The van der Waals surface area contributed by atoms with Gasteiger partial charge in [0.2, 0.25) is 0 Å². The van der Waals surface area contributed by atoms with Crippen LogP contribution in [0.5, 0.6) is 0 Å². The van der Waals surface area contributed by atoms with Crippen LogP contribution in [-0.2, 0) is 0 Å². The molecule has 0 radical (unpaired) electrons. The average Bonchev–Trinajstić information content (AvgIpc) is 2.62. The SMILES string of the molecule is NC(c1cc(Br)c(Cl)s1)c1cccc(Br)c1Cl. The van der Waals surface area contributed by atoms with Crippen molar-refractivity contribution in [2.45, 2.75) is 6.04 Å². The van der Waals surface area contributed by atoms with Gasteiger partial charge >= 0.3 is 0 Å². The number of nitrogens with two attached hydrogens (primary N) is 1. The van der Waals surface area contributed by atoms with Crippen LogP contribution in [-0.4, -0.2) is 0 Å². The molecule has 90 valence electrons. The van der Waals surface area contributed by atoms with Gasteiger partial charge in [-0.1, -0.05) is 35.3 Å². The minimum Gasteiger partial charge on any atom is -0.320 e. The fourth-order valence-electron chi connectivity index (χ4n) is 1.43. The summed E-state index contributed by atoms with van der Waals surface area (Å²) in [6.07, 6.45) is 0. The smallest absolute Gasteiger partial charge is 0.107 e. The Kier molecular flexibility index (Phi) is 4.55. The molecule has 1 heterocycles. The highest BCUT2D eigenvalue weighted by molar-refractivity contribution is 9.11. The van der Waals surface area contributed by atoms with Crippen molar-refractivity contribution in [2.24, 2.45) is 5.73 Å². The molecule has 0 aliphatic heterocycles. The van der Waals surface area contributed by atoms with Gasteiger partial charge in [-0.2, -0.15) is 0 Å². The third kappa shape index (κ3) is 2.88. The Labute approximate surface area is 130 Å². The maximum atomic E-state index is 6.22. The first kappa shape index (κ1) is 13.8. The van der Waals surface area contributed by atoms with E-state index in [1.165, 1.54) is 11.3 Å². The van der Waals surface area contributed by atoms with E-state index in [0.717, 1.165) is 19.4 Å². The van der Waals surface area contributed by atoms with E-state index >= 15 is 0 Å². The Morgan fingerprint density at radius 1 is 1.18 bits per heavy atom. The molecule has 1 nitrogen and oxygen atoms in total. The fourth-order valence-corrected chi connectivity index (χ4v) is 3.81. The maximum absolute atomic E-state index is 6.22. The topological polar surface area (TPSA) is 26.0 Å². The van der Waals surface area contributed by atoms with Gasteiger partial charge in [0.1, 0.15) is 4.34 Å². The summed E-state index contributed by atoms with van der Waals surface area (Å²) in [6, 6.07) is 7.37. The molecule has 0 amide bonds. The van der Waals surface area contributed by atoms with Crippen LogP contribution in [0.15, 0.2) is 33.2 Å². The highest BCUT2D eigenvalue weighted by Gasteiger charge is 2.17. The van der Waals surface area contributed by atoms with Crippen molar-refractivity contribution < 1.29 is 0 Å². The summed E-state index contributed by atoms with van der Waals surface area (Å²) in [5.41, 5.74) is 7.07. The number of halogens is 4. The zero-order chi connectivity index (χ0) is 12.6. The summed E-state index contributed by atoms with van der Waals surface area (Å²) in [5, 5.41) is 0.639. The molecule has 0 bridgehead atoms. The molecule has 0 aliphatic rings. The van der Waals surface area contributed by atoms with Crippen molar-refractivity contribution in [2.75, 3.05) is 0 Å². The first-order valence-corrected chi connectivity index (χ1v) is 7.80. The highest BCUT2D eigenvalue weighted by Crippen LogP contribution is 2.39. The van der Waals surface area contributed by atoms with Gasteiger partial charge < -0.3 is 5.73 Å². The molecule has 0 spiro atoms. The molecule has 0 fully saturated rings. The van der Waals surface area contributed by atoms with Gasteiger partial charge in [-0.05, 0) is 49.6 Å². The molecular weight excluding hydrogens is 409 g/mol. The van der Waals surface area contributed by atoms with Crippen LogP contribution in [0.4, 0.5) is 0 Å². The monoisotopic (exact) mass is 413 g/mol. The zero-order valence-electron chi connectivity index (χ0n) is 8.38. The summed E-state index contributed by atoms with van der Waals surface area (Å²) < 4.78 is 2.40. The van der Waals surface area contributed by atoms with Crippen LogP contribution in [0.2, 0.25) is 9.36 Å².